The molecule has 0 aliphatic carbocycles. The van der Waals surface area contributed by atoms with E-state index in [-0.39, 0.29) is 24.8 Å². The lowest BCUT2D eigenvalue weighted by atomic mass is 10.1. The number of hydrogen-bond acceptors (Lipinski definition) is 4. The zero-order valence-electron chi connectivity index (χ0n) is 9.93. The Kier molecular flexibility index (Phi) is 5.09. The average molecular weight is 298 g/mol. The highest BCUT2D eigenvalue weighted by molar-refractivity contribution is 5.85. The summed E-state index contributed by atoms with van der Waals surface area (Å²) in [4.78, 5) is 4.13. The van der Waals surface area contributed by atoms with E-state index in [1.54, 1.807) is 6.20 Å². The van der Waals surface area contributed by atoms with E-state index >= 15 is 0 Å². The predicted molar refractivity (Wildman–Crippen MR) is 78.9 cm³/mol. The van der Waals surface area contributed by atoms with Gasteiger partial charge in [0.2, 0.25) is 0 Å². The minimum Gasteiger partial charge on any atom is -0.399 e. The molecule has 0 radical (unpaired) electrons. The monoisotopic (exact) mass is 297 g/mol. The first-order chi connectivity index (χ1) is 8.33. The van der Waals surface area contributed by atoms with Crippen LogP contribution in [0.1, 0.15) is 11.4 Å². The van der Waals surface area contributed by atoms with Gasteiger partial charge in [-0.2, -0.15) is 0 Å². The van der Waals surface area contributed by atoms with Gasteiger partial charge in [0.15, 0.2) is 0 Å². The first-order valence-corrected chi connectivity index (χ1v) is 5.32. The molecule has 2 N–H and O–H groups in total. The van der Waals surface area contributed by atoms with Crippen LogP contribution in [0.3, 0.4) is 0 Å². The summed E-state index contributed by atoms with van der Waals surface area (Å²) in [6, 6.07) is 9.62. The standard InChI is InChI=1S/C12H11N5.2ClH/c13-10-4-2-9(3-5-10)8-11-15-16-12-14-6-1-7-17(11)12;;/h1-7H,8,13H2;2*1H. The zero-order chi connectivity index (χ0) is 11.7. The molecule has 100 valence electrons. The maximum atomic E-state index is 5.65. The van der Waals surface area contributed by atoms with Crippen LogP contribution in [0.4, 0.5) is 5.69 Å². The lowest BCUT2D eigenvalue weighted by Crippen LogP contribution is -1.97. The molecule has 2 heterocycles. The van der Waals surface area contributed by atoms with Crippen molar-refractivity contribution >= 4 is 36.3 Å². The van der Waals surface area contributed by atoms with Crippen molar-refractivity contribution in [3.8, 4) is 0 Å². The van der Waals surface area contributed by atoms with Gasteiger partial charge in [0.25, 0.3) is 5.78 Å². The molecule has 0 fully saturated rings. The number of benzene rings is 1. The van der Waals surface area contributed by atoms with Crippen molar-refractivity contribution in [2.75, 3.05) is 5.73 Å². The van der Waals surface area contributed by atoms with Crippen LogP contribution in [-0.2, 0) is 6.42 Å². The molecule has 0 spiro atoms. The lowest BCUT2D eigenvalue weighted by Gasteiger charge is -2.00. The third-order valence-corrected chi connectivity index (χ3v) is 2.60. The SMILES string of the molecule is Cl.Cl.Nc1ccc(Cc2nnc3ncccn23)cc1. The van der Waals surface area contributed by atoms with Crippen LogP contribution in [0.5, 0.6) is 0 Å². The topological polar surface area (TPSA) is 69.1 Å². The van der Waals surface area contributed by atoms with Crippen LogP contribution < -0.4 is 5.73 Å². The summed E-state index contributed by atoms with van der Waals surface area (Å²) in [7, 11) is 0. The fraction of sp³-hybridized carbons (Fsp3) is 0.0833. The zero-order valence-corrected chi connectivity index (χ0v) is 11.6. The van der Waals surface area contributed by atoms with Gasteiger partial charge >= 0.3 is 0 Å². The van der Waals surface area contributed by atoms with E-state index in [0.29, 0.717) is 12.2 Å². The summed E-state index contributed by atoms with van der Waals surface area (Å²) in [6.45, 7) is 0. The third-order valence-electron chi connectivity index (χ3n) is 2.60. The fourth-order valence-corrected chi connectivity index (χ4v) is 1.73. The van der Waals surface area contributed by atoms with Crippen molar-refractivity contribution in [1.82, 2.24) is 19.6 Å². The average Bonchev–Trinajstić information content (AvgIpc) is 2.76. The molecule has 0 amide bonds. The van der Waals surface area contributed by atoms with Crippen molar-refractivity contribution in [3.05, 3.63) is 54.1 Å². The molecule has 0 bridgehead atoms. The normalized spacial score (nSPS) is 9.68. The number of anilines is 1. The Hall–Kier alpha value is -1.85. The molecule has 19 heavy (non-hydrogen) atoms. The highest BCUT2D eigenvalue weighted by atomic mass is 35.5. The highest BCUT2D eigenvalue weighted by Crippen LogP contribution is 2.10. The van der Waals surface area contributed by atoms with Crippen LogP contribution in [0, 0.1) is 0 Å². The van der Waals surface area contributed by atoms with Crippen LogP contribution in [0.2, 0.25) is 0 Å². The smallest absolute Gasteiger partial charge is 0.254 e. The van der Waals surface area contributed by atoms with Gasteiger partial charge in [0, 0.05) is 24.5 Å². The van der Waals surface area contributed by atoms with Gasteiger partial charge < -0.3 is 5.73 Å². The van der Waals surface area contributed by atoms with E-state index in [9.17, 15) is 0 Å². The maximum absolute atomic E-state index is 5.65. The molecule has 1 aromatic carbocycles. The number of nitrogens with zero attached hydrogens (tertiary/aromatic N) is 4. The molecule has 0 saturated carbocycles. The summed E-state index contributed by atoms with van der Waals surface area (Å²) in [5.41, 5.74) is 7.56. The maximum Gasteiger partial charge on any atom is 0.254 e. The van der Waals surface area contributed by atoms with Crippen molar-refractivity contribution in [2.24, 2.45) is 0 Å². The Balaban J connectivity index is 0.000000902. The number of fused-ring (bicyclic) bond motifs is 1. The Morgan fingerprint density at radius 2 is 1.79 bits per heavy atom. The molecule has 3 aromatic rings. The van der Waals surface area contributed by atoms with Gasteiger partial charge in [-0.1, -0.05) is 12.1 Å². The number of halogens is 2. The van der Waals surface area contributed by atoms with E-state index in [1.165, 1.54) is 0 Å². The van der Waals surface area contributed by atoms with E-state index in [4.69, 9.17) is 5.73 Å². The molecule has 0 unspecified atom stereocenters. The summed E-state index contributed by atoms with van der Waals surface area (Å²) < 4.78 is 1.89. The molecule has 7 heteroatoms. The Morgan fingerprint density at radius 1 is 1.05 bits per heavy atom. The molecule has 0 aliphatic rings. The number of aromatic nitrogens is 4. The van der Waals surface area contributed by atoms with E-state index in [1.807, 2.05) is 40.9 Å². The molecular formula is C12H13Cl2N5. The number of hydrogen-bond donors (Lipinski definition) is 1. The van der Waals surface area contributed by atoms with Gasteiger partial charge in [-0.3, -0.25) is 4.40 Å². The largest absolute Gasteiger partial charge is 0.399 e. The fourth-order valence-electron chi connectivity index (χ4n) is 1.73. The third kappa shape index (κ3) is 3.13. The van der Waals surface area contributed by atoms with Crippen LogP contribution in [-0.4, -0.2) is 19.6 Å². The molecule has 0 saturated heterocycles. The second kappa shape index (κ2) is 6.36. The predicted octanol–water partition coefficient (Wildman–Crippen LogP) is 2.14. The van der Waals surface area contributed by atoms with Crippen molar-refractivity contribution in [1.29, 1.82) is 0 Å². The van der Waals surface area contributed by atoms with Gasteiger partial charge in [-0.15, -0.1) is 35.0 Å². The van der Waals surface area contributed by atoms with Crippen LogP contribution in [0.25, 0.3) is 5.78 Å². The van der Waals surface area contributed by atoms with Gasteiger partial charge in [-0.25, -0.2) is 4.98 Å². The number of nitrogen functional groups attached to an aromatic ring is 1. The van der Waals surface area contributed by atoms with E-state index < -0.39 is 0 Å². The van der Waals surface area contributed by atoms with Crippen molar-refractivity contribution < 1.29 is 0 Å². The lowest BCUT2D eigenvalue weighted by molar-refractivity contribution is 0.932. The van der Waals surface area contributed by atoms with Crippen molar-refractivity contribution in [2.45, 2.75) is 6.42 Å². The molecule has 5 nitrogen and oxygen atoms in total. The summed E-state index contributed by atoms with van der Waals surface area (Å²) in [6.07, 6.45) is 4.33. The van der Waals surface area contributed by atoms with Gasteiger partial charge in [0.1, 0.15) is 5.82 Å². The first-order valence-electron chi connectivity index (χ1n) is 5.32. The molecule has 3 rings (SSSR count). The highest BCUT2D eigenvalue weighted by Gasteiger charge is 2.05. The van der Waals surface area contributed by atoms with Gasteiger partial charge in [-0.05, 0) is 23.8 Å². The molecule has 0 atom stereocenters. The first kappa shape index (κ1) is 15.2. The number of rotatable bonds is 2. The van der Waals surface area contributed by atoms with Crippen LogP contribution >= 0.6 is 24.8 Å². The Morgan fingerprint density at radius 3 is 2.53 bits per heavy atom. The molecular weight excluding hydrogens is 285 g/mol. The minimum absolute atomic E-state index is 0. The van der Waals surface area contributed by atoms with Gasteiger partial charge in [0.05, 0.1) is 0 Å². The summed E-state index contributed by atoms with van der Waals surface area (Å²) in [5, 5.41) is 8.14. The van der Waals surface area contributed by atoms with Crippen LogP contribution in [0.15, 0.2) is 42.7 Å². The summed E-state index contributed by atoms with van der Waals surface area (Å²) >= 11 is 0. The molecule has 2 aromatic heterocycles. The molecule has 0 aliphatic heterocycles. The summed E-state index contributed by atoms with van der Waals surface area (Å²) in [5.74, 6) is 1.50. The minimum atomic E-state index is 0. The Labute approximate surface area is 122 Å². The second-order valence-corrected chi connectivity index (χ2v) is 3.82. The van der Waals surface area contributed by atoms with E-state index in [2.05, 4.69) is 15.2 Å². The van der Waals surface area contributed by atoms with E-state index in [0.717, 1.165) is 17.1 Å². The quantitative estimate of drug-likeness (QED) is 0.736. The Bertz CT molecular complexity index is 651. The second-order valence-electron chi connectivity index (χ2n) is 3.82. The van der Waals surface area contributed by atoms with Crippen molar-refractivity contribution in [3.63, 3.8) is 0 Å². The number of nitrogens with two attached hydrogens (primary N) is 1.